The van der Waals surface area contributed by atoms with Gasteiger partial charge in [-0.3, -0.25) is 9.59 Å². The lowest BCUT2D eigenvalue weighted by atomic mass is 10.2. The smallest absolute Gasteiger partial charge is 0.325 e. The second-order valence-electron chi connectivity index (χ2n) is 3.86. The zero-order chi connectivity index (χ0) is 15.7. The summed E-state index contributed by atoms with van der Waals surface area (Å²) < 4.78 is 4.69. The summed E-state index contributed by atoms with van der Waals surface area (Å²) in [5, 5.41) is 23.1. The van der Waals surface area contributed by atoms with E-state index in [1.807, 2.05) is 0 Å². The van der Waals surface area contributed by atoms with E-state index < -0.39 is 11.9 Å². The molecule has 0 saturated heterocycles. The van der Waals surface area contributed by atoms with E-state index in [0.29, 0.717) is 5.69 Å². The van der Waals surface area contributed by atoms with Crippen LogP contribution in [0.5, 0.6) is 5.75 Å². The van der Waals surface area contributed by atoms with Gasteiger partial charge in [0.25, 0.3) is 5.91 Å². The van der Waals surface area contributed by atoms with Crippen LogP contribution >= 0.6 is 0 Å². The molecular formula is C14H15N3O4. The largest absolute Gasteiger partial charge is 0.508 e. The zero-order valence-electron chi connectivity index (χ0n) is 11.4. The van der Waals surface area contributed by atoms with Crippen LogP contribution < -0.4 is 10.6 Å². The quantitative estimate of drug-likeness (QED) is 0.310. The number of aromatic hydroxyl groups is 1. The molecule has 0 aliphatic heterocycles. The number of rotatable bonds is 6. The highest BCUT2D eigenvalue weighted by molar-refractivity contribution is 6.06. The number of hydrogen-bond donors (Lipinski definition) is 3. The van der Waals surface area contributed by atoms with E-state index in [9.17, 15) is 9.59 Å². The molecule has 1 rings (SSSR count). The molecule has 21 heavy (non-hydrogen) atoms. The average Bonchev–Trinajstić information content (AvgIpc) is 2.46. The van der Waals surface area contributed by atoms with Crippen molar-refractivity contribution in [2.24, 2.45) is 0 Å². The van der Waals surface area contributed by atoms with Crippen LogP contribution in [-0.4, -0.2) is 30.1 Å². The van der Waals surface area contributed by atoms with Gasteiger partial charge in [0, 0.05) is 11.9 Å². The third-order valence-electron chi connectivity index (χ3n) is 2.29. The fraction of sp³-hybridized carbons (Fsp3) is 0.214. The van der Waals surface area contributed by atoms with Crippen LogP contribution in [0.4, 0.5) is 5.69 Å². The summed E-state index contributed by atoms with van der Waals surface area (Å²) in [4.78, 5) is 22.9. The van der Waals surface area contributed by atoms with E-state index in [1.165, 1.54) is 24.3 Å². The van der Waals surface area contributed by atoms with Crippen molar-refractivity contribution in [3.8, 4) is 11.8 Å². The summed E-state index contributed by atoms with van der Waals surface area (Å²) in [6.45, 7) is 1.81. The Bertz CT molecular complexity index is 573. The van der Waals surface area contributed by atoms with Gasteiger partial charge in [0.05, 0.1) is 6.61 Å². The van der Waals surface area contributed by atoms with Crippen molar-refractivity contribution >= 4 is 17.6 Å². The predicted molar refractivity (Wildman–Crippen MR) is 75.1 cm³/mol. The van der Waals surface area contributed by atoms with Crippen LogP contribution in [0.2, 0.25) is 0 Å². The molecule has 0 fully saturated rings. The summed E-state index contributed by atoms with van der Waals surface area (Å²) in [6, 6.07) is 7.53. The van der Waals surface area contributed by atoms with E-state index in [1.54, 1.807) is 13.0 Å². The number of nitrogens with zero attached hydrogens (tertiary/aromatic N) is 1. The highest BCUT2D eigenvalue weighted by Crippen LogP contribution is 2.14. The second-order valence-corrected chi connectivity index (χ2v) is 3.86. The molecule has 3 N–H and O–H groups in total. The number of amides is 1. The van der Waals surface area contributed by atoms with Gasteiger partial charge in [0.2, 0.25) is 0 Å². The highest BCUT2D eigenvalue weighted by atomic mass is 16.5. The molecule has 1 amide bonds. The Kier molecular flexibility index (Phi) is 6.28. The molecular weight excluding hydrogens is 274 g/mol. The van der Waals surface area contributed by atoms with Crippen molar-refractivity contribution in [2.75, 3.05) is 18.5 Å². The van der Waals surface area contributed by atoms with Gasteiger partial charge in [0.1, 0.15) is 23.9 Å². The minimum atomic E-state index is -0.625. The van der Waals surface area contributed by atoms with Gasteiger partial charge in [-0.15, -0.1) is 0 Å². The van der Waals surface area contributed by atoms with Gasteiger partial charge in [-0.2, -0.15) is 5.26 Å². The first-order valence-corrected chi connectivity index (χ1v) is 6.16. The molecule has 0 bridgehead atoms. The molecule has 0 saturated carbocycles. The van der Waals surface area contributed by atoms with Gasteiger partial charge in [0.15, 0.2) is 0 Å². The molecule has 0 radical (unpaired) electrons. The first-order chi connectivity index (χ1) is 10.1. The van der Waals surface area contributed by atoms with E-state index in [4.69, 9.17) is 10.4 Å². The Hall–Kier alpha value is -3.01. The number of carbonyl (C=O) groups is 2. The summed E-state index contributed by atoms with van der Waals surface area (Å²) >= 11 is 0. The minimum absolute atomic E-state index is 0.0696. The fourth-order valence-corrected chi connectivity index (χ4v) is 1.34. The summed E-state index contributed by atoms with van der Waals surface area (Å²) in [7, 11) is 0. The maximum atomic E-state index is 11.8. The molecule has 0 aromatic heterocycles. The van der Waals surface area contributed by atoms with Crippen molar-refractivity contribution in [3.63, 3.8) is 0 Å². The van der Waals surface area contributed by atoms with E-state index in [-0.39, 0.29) is 24.5 Å². The van der Waals surface area contributed by atoms with Gasteiger partial charge in [-0.1, -0.05) is 0 Å². The lowest BCUT2D eigenvalue weighted by Gasteiger charge is -2.05. The van der Waals surface area contributed by atoms with Gasteiger partial charge < -0.3 is 20.5 Å². The zero-order valence-corrected chi connectivity index (χ0v) is 11.4. The molecule has 7 heteroatoms. The lowest BCUT2D eigenvalue weighted by molar-refractivity contribution is -0.141. The average molecular weight is 289 g/mol. The summed E-state index contributed by atoms with van der Waals surface area (Å²) in [5.41, 5.74) is 0.247. The van der Waals surface area contributed by atoms with E-state index in [0.717, 1.165) is 6.20 Å². The summed E-state index contributed by atoms with van der Waals surface area (Å²) in [5.74, 6) is -1.04. The van der Waals surface area contributed by atoms with Crippen molar-refractivity contribution in [1.29, 1.82) is 5.26 Å². The Morgan fingerprint density at radius 2 is 2.05 bits per heavy atom. The van der Waals surface area contributed by atoms with E-state index >= 15 is 0 Å². The van der Waals surface area contributed by atoms with Crippen LogP contribution in [0.25, 0.3) is 0 Å². The summed E-state index contributed by atoms with van der Waals surface area (Å²) in [6.07, 6.45) is 1.15. The number of esters is 1. The Morgan fingerprint density at radius 3 is 2.62 bits per heavy atom. The topological polar surface area (TPSA) is 111 Å². The number of hydrogen-bond acceptors (Lipinski definition) is 6. The number of ether oxygens (including phenoxy) is 1. The standard InChI is InChI=1S/C14H15N3O4/c1-2-21-13(19)9-16-8-10(7-15)14(20)17-11-3-5-12(18)6-4-11/h3-6,8,16,18H,2,9H2,1H3,(H,17,20)/b10-8-. The molecule has 1 aromatic carbocycles. The molecule has 7 nitrogen and oxygen atoms in total. The SMILES string of the molecule is CCOC(=O)CN/C=C(/C#N)C(=O)Nc1ccc(O)cc1. The van der Waals surface area contributed by atoms with Gasteiger partial charge in [-0.25, -0.2) is 0 Å². The first-order valence-electron chi connectivity index (χ1n) is 6.16. The third-order valence-corrected chi connectivity index (χ3v) is 2.29. The lowest BCUT2D eigenvalue weighted by Crippen LogP contribution is -2.22. The number of anilines is 1. The molecule has 0 aliphatic rings. The van der Waals surface area contributed by atoms with Crippen molar-refractivity contribution in [2.45, 2.75) is 6.92 Å². The molecule has 0 spiro atoms. The van der Waals surface area contributed by atoms with Crippen LogP contribution in [0.15, 0.2) is 36.0 Å². The molecule has 0 unspecified atom stereocenters. The monoisotopic (exact) mass is 289 g/mol. The Balaban J connectivity index is 2.58. The minimum Gasteiger partial charge on any atom is -0.508 e. The second kappa shape index (κ2) is 8.22. The highest BCUT2D eigenvalue weighted by Gasteiger charge is 2.09. The van der Waals surface area contributed by atoms with E-state index in [2.05, 4.69) is 15.4 Å². The number of nitrogens with one attached hydrogen (secondary N) is 2. The fourth-order valence-electron chi connectivity index (χ4n) is 1.34. The van der Waals surface area contributed by atoms with Crippen LogP contribution in [0.3, 0.4) is 0 Å². The van der Waals surface area contributed by atoms with Crippen LogP contribution in [0, 0.1) is 11.3 Å². The maximum absolute atomic E-state index is 11.8. The Labute approximate surface area is 121 Å². The van der Waals surface area contributed by atoms with Gasteiger partial charge in [-0.05, 0) is 31.2 Å². The Morgan fingerprint density at radius 1 is 1.38 bits per heavy atom. The molecule has 0 aliphatic carbocycles. The van der Waals surface area contributed by atoms with Crippen LogP contribution in [0.1, 0.15) is 6.92 Å². The van der Waals surface area contributed by atoms with Crippen molar-refractivity contribution < 1.29 is 19.4 Å². The molecule has 1 aromatic rings. The molecule has 110 valence electrons. The number of nitriles is 1. The number of carbonyl (C=O) groups excluding carboxylic acids is 2. The normalized spacial score (nSPS) is 10.4. The van der Waals surface area contributed by atoms with Crippen LogP contribution in [-0.2, 0) is 14.3 Å². The van der Waals surface area contributed by atoms with Crippen molar-refractivity contribution in [1.82, 2.24) is 5.32 Å². The molecule has 0 heterocycles. The number of phenolic OH excluding ortho intramolecular Hbond substituents is 1. The first kappa shape index (κ1) is 16.0. The number of phenols is 1. The predicted octanol–water partition coefficient (Wildman–Crippen LogP) is 0.891. The maximum Gasteiger partial charge on any atom is 0.325 e. The van der Waals surface area contributed by atoms with Crippen molar-refractivity contribution in [3.05, 3.63) is 36.0 Å². The molecule has 0 atom stereocenters. The number of benzene rings is 1. The third kappa shape index (κ3) is 5.65. The van der Waals surface area contributed by atoms with Gasteiger partial charge >= 0.3 is 5.97 Å².